The third kappa shape index (κ3) is 2.68. The number of aromatic amines is 1. The van der Waals surface area contributed by atoms with Crippen LogP contribution in [0.25, 0.3) is 23.1 Å². The molecule has 0 spiro atoms. The number of rotatable bonds is 2. The van der Waals surface area contributed by atoms with E-state index in [1.165, 1.54) is 27.7 Å². The van der Waals surface area contributed by atoms with Gasteiger partial charge in [-0.3, -0.25) is 4.98 Å². The van der Waals surface area contributed by atoms with Crippen molar-refractivity contribution in [2.45, 2.75) is 19.9 Å². The third-order valence-electron chi connectivity index (χ3n) is 4.62. The molecule has 0 fully saturated rings. The van der Waals surface area contributed by atoms with E-state index in [0.717, 1.165) is 30.8 Å². The van der Waals surface area contributed by atoms with E-state index in [9.17, 15) is 0 Å². The summed E-state index contributed by atoms with van der Waals surface area (Å²) in [7, 11) is 2.19. The first kappa shape index (κ1) is 14.2. The number of fused-ring (bicyclic) bond motifs is 3. The zero-order valence-corrected chi connectivity index (χ0v) is 13.6. The van der Waals surface area contributed by atoms with E-state index < -0.39 is 0 Å². The lowest BCUT2D eigenvalue weighted by Gasteiger charge is -2.22. The summed E-state index contributed by atoms with van der Waals surface area (Å²) in [4.78, 5) is 10.4. The van der Waals surface area contributed by atoms with Crippen LogP contribution in [0.3, 0.4) is 0 Å². The molecule has 3 heteroatoms. The standard InChI is InChI=1S/C20H21N3/c1-14-6-7-15(12-21-14)8-9-16-4-3-5-17-18-13-23(2)11-10-19(18)22-20(16)17/h3-9,12,22H,10-11,13H2,1-2H3/b9-8+. The highest BCUT2D eigenvalue weighted by molar-refractivity contribution is 5.93. The maximum absolute atomic E-state index is 4.35. The van der Waals surface area contributed by atoms with Crippen LogP contribution in [0.4, 0.5) is 0 Å². The molecular formula is C20H21N3. The molecule has 0 atom stereocenters. The maximum atomic E-state index is 4.35. The summed E-state index contributed by atoms with van der Waals surface area (Å²) in [5, 5.41) is 1.36. The first-order chi connectivity index (χ1) is 11.2. The number of likely N-dealkylation sites (N-methyl/N-ethyl adjacent to an activating group) is 1. The summed E-state index contributed by atoms with van der Waals surface area (Å²) in [6.07, 6.45) is 7.33. The van der Waals surface area contributed by atoms with Crippen LogP contribution in [0.5, 0.6) is 0 Å². The molecule has 4 rings (SSSR count). The molecular weight excluding hydrogens is 282 g/mol. The van der Waals surface area contributed by atoms with Gasteiger partial charge in [-0.05, 0) is 36.7 Å². The minimum Gasteiger partial charge on any atom is -0.358 e. The van der Waals surface area contributed by atoms with Gasteiger partial charge in [0, 0.05) is 42.5 Å². The van der Waals surface area contributed by atoms with E-state index >= 15 is 0 Å². The van der Waals surface area contributed by atoms with Crippen LogP contribution in [0.2, 0.25) is 0 Å². The average molecular weight is 303 g/mol. The summed E-state index contributed by atoms with van der Waals surface area (Å²) >= 11 is 0. The predicted molar refractivity (Wildman–Crippen MR) is 96.2 cm³/mol. The Morgan fingerprint density at radius 2 is 2.09 bits per heavy atom. The van der Waals surface area contributed by atoms with Crippen molar-refractivity contribution in [3.8, 4) is 0 Å². The Labute approximate surface area is 136 Å². The molecule has 116 valence electrons. The molecule has 0 amide bonds. The molecule has 1 N–H and O–H groups in total. The van der Waals surface area contributed by atoms with Crippen molar-refractivity contribution >= 4 is 23.1 Å². The predicted octanol–water partition coefficient (Wildman–Crippen LogP) is 4.03. The zero-order chi connectivity index (χ0) is 15.8. The fourth-order valence-electron chi connectivity index (χ4n) is 3.30. The van der Waals surface area contributed by atoms with E-state index in [-0.39, 0.29) is 0 Å². The number of pyridine rings is 1. The molecule has 0 aliphatic carbocycles. The number of nitrogens with one attached hydrogen (secondary N) is 1. The van der Waals surface area contributed by atoms with Gasteiger partial charge in [0.15, 0.2) is 0 Å². The average Bonchev–Trinajstić information content (AvgIpc) is 2.93. The lowest BCUT2D eigenvalue weighted by atomic mass is 10.0. The monoisotopic (exact) mass is 303 g/mol. The number of hydrogen-bond acceptors (Lipinski definition) is 2. The highest BCUT2D eigenvalue weighted by atomic mass is 15.1. The van der Waals surface area contributed by atoms with Gasteiger partial charge >= 0.3 is 0 Å². The number of hydrogen-bond donors (Lipinski definition) is 1. The Bertz CT molecular complexity index is 872. The van der Waals surface area contributed by atoms with Gasteiger partial charge in [-0.25, -0.2) is 0 Å². The largest absolute Gasteiger partial charge is 0.358 e. The SMILES string of the molecule is Cc1ccc(/C=C/c2cccc3c4c([nH]c23)CCN(C)C4)cn1. The summed E-state index contributed by atoms with van der Waals surface area (Å²) in [6.45, 7) is 4.17. The minimum atomic E-state index is 1.03. The van der Waals surface area contributed by atoms with Gasteiger partial charge in [0.1, 0.15) is 0 Å². The van der Waals surface area contributed by atoms with Gasteiger partial charge in [0.25, 0.3) is 0 Å². The number of benzene rings is 1. The van der Waals surface area contributed by atoms with Crippen LogP contribution in [-0.2, 0) is 13.0 Å². The fourth-order valence-corrected chi connectivity index (χ4v) is 3.30. The van der Waals surface area contributed by atoms with Crippen LogP contribution >= 0.6 is 0 Å². The van der Waals surface area contributed by atoms with Crippen molar-refractivity contribution in [3.63, 3.8) is 0 Å². The molecule has 1 aliphatic heterocycles. The van der Waals surface area contributed by atoms with Gasteiger partial charge in [0.2, 0.25) is 0 Å². The van der Waals surface area contributed by atoms with E-state index in [1.54, 1.807) is 0 Å². The topological polar surface area (TPSA) is 31.9 Å². The molecule has 0 radical (unpaired) electrons. The van der Waals surface area contributed by atoms with Gasteiger partial charge in [-0.2, -0.15) is 0 Å². The summed E-state index contributed by atoms with van der Waals surface area (Å²) in [5.74, 6) is 0. The Morgan fingerprint density at radius 3 is 2.91 bits per heavy atom. The lowest BCUT2D eigenvalue weighted by molar-refractivity contribution is 0.313. The van der Waals surface area contributed by atoms with Gasteiger partial charge in [-0.15, -0.1) is 0 Å². The highest BCUT2D eigenvalue weighted by Crippen LogP contribution is 2.30. The van der Waals surface area contributed by atoms with Crippen molar-refractivity contribution in [1.82, 2.24) is 14.9 Å². The maximum Gasteiger partial charge on any atom is 0.0533 e. The highest BCUT2D eigenvalue weighted by Gasteiger charge is 2.18. The van der Waals surface area contributed by atoms with Crippen molar-refractivity contribution in [2.75, 3.05) is 13.6 Å². The Hall–Kier alpha value is -2.39. The smallest absolute Gasteiger partial charge is 0.0533 e. The van der Waals surface area contributed by atoms with Gasteiger partial charge in [-0.1, -0.05) is 36.4 Å². The molecule has 0 unspecified atom stereocenters. The molecule has 0 saturated carbocycles. The van der Waals surface area contributed by atoms with E-state index in [2.05, 4.69) is 58.3 Å². The fraction of sp³-hybridized carbons (Fsp3) is 0.250. The Balaban J connectivity index is 1.74. The second-order valence-corrected chi connectivity index (χ2v) is 6.41. The summed E-state index contributed by atoms with van der Waals surface area (Å²) in [6, 6.07) is 10.7. The zero-order valence-electron chi connectivity index (χ0n) is 13.6. The summed E-state index contributed by atoms with van der Waals surface area (Å²) in [5.41, 5.74) is 7.52. The van der Waals surface area contributed by atoms with Crippen LogP contribution < -0.4 is 0 Å². The van der Waals surface area contributed by atoms with E-state index in [0.29, 0.717) is 0 Å². The van der Waals surface area contributed by atoms with Crippen LogP contribution in [-0.4, -0.2) is 28.5 Å². The van der Waals surface area contributed by atoms with Crippen LogP contribution in [0.1, 0.15) is 28.1 Å². The molecule has 1 aliphatic rings. The summed E-state index contributed by atoms with van der Waals surface area (Å²) < 4.78 is 0. The number of aryl methyl sites for hydroxylation is 1. The molecule has 0 bridgehead atoms. The molecule has 23 heavy (non-hydrogen) atoms. The quantitative estimate of drug-likeness (QED) is 0.775. The molecule has 1 aromatic carbocycles. The first-order valence-corrected chi connectivity index (χ1v) is 8.12. The van der Waals surface area contributed by atoms with Crippen LogP contribution in [0.15, 0.2) is 36.5 Å². The number of nitrogens with zero attached hydrogens (tertiary/aromatic N) is 2. The molecule has 0 saturated heterocycles. The normalized spacial score (nSPS) is 15.4. The van der Waals surface area contributed by atoms with Crippen molar-refractivity contribution in [1.29, 1.82) is 0 Å². The number of para-hydroxylation sites is 1. The van der Waals surface area contributed by atoms with E-state index in [1.807, 2.05) is 19.2 Å². The Kier molecular flexibility index (Phi) is 3.50. The molecule has 3 nitrogen and oxygen atoms in total. The van der Waals surface area contributed by atoms with Gasteiger partial charge in [0.05, 0.1) is 5.52 Å². The van der Waals surface area contributed by atoms with Crippen molar-refractivity contribution in [3.05, 3.63) is 64.6 Å². The third-order valence-corrected chi connectivity index (χ3v) is 4.62. The second kappa shape index (κ2) is 5.67. The van der Waals surface area contributed by atoms with Crippen molar-refractivity contribution < 1.29 is 0 Å². The lowest BCUT2D eigenvalue weighted by Crippen LogP contribution is -2.25. The molecule has 3 aromatic rings. The van der Waals surface area contributed by atoms with Crippen LogP contribution in [0, 0.1) is 6.92 Å². The van der Waals surface area contributed by atoms with Crippen molar-refractivity contribution in [2.24, 2.45) is 0 Å². The first-order valence-electron chi connectivity index (χ1n) is 8.12. The second-order valence-electron chi connectivity index (χ2n) is 6.41. The molecule has 3 heterocycles. The Morgan fingerprint density at radius 1 is 1.17 bits per heavy atom. The number of aromatic nitrogens is 2. The van der Waals surface area contributed by atoms with Gasteiger partial charge < -0.3 is 9.88 Å². The minimum absolute atomic E-state index is 1.03. The van der Waals surface area contributed by atoms with E-state index in [4.69, 9.17) is 0 Å². The number of H-pyrrole nitrogens is 1. The molecule has 2 aromatic heterocycles.